The summed E-state index contributed by atoms with van der Waals surface area (Å²) in [7, 11) is 2.00. The molecule has 2 rings (SSSR count). The van der Waals surface area contributed by atoms with Gasteiger partial charge in [-0.15, -0.1) is 0 Å². The van der Waals surface area contributed by atoms with Crippen LogP contribution < -0.4 is 0 Å². The molecule has 0 saturated carbocycles. The van der Waals surface area contributed by atoms with Gasteiger partial charge in [0.1, 0.15) is 0 Å². The van der Waals surface area contributed by atoms with Gasteiger partial charge >= 0.3 is 0 Å². The summed E-state index contributed by atoms with van der Waals surface area (Å²) in [6.45, 7) is 2.66. The molecule has 96 valence electrons. The molecule has 0 amide bonds. The van der Waals surface area contributed by atoms with Crippen molar-refractivity contribution in [2.45, 2.75) is 38.1 Å². The number of hydrogen-bond donors (Lipinski definition) is 1. The first-order chi connectivity index (χ1) is 8.31. The largest absolute Gasteiger partial charge is 0.396 e. The van der Waals surface area contributed by atoms with Gasteiger partial charge in [0.15, 0.2) is 0 Å². The monoisotopic (exact) mass is 237 g/mol. The van der Waals surface area contributed by atoms with Crippen LogP contribution in [0.25, 0.3) is 0 Å². The zero-order valence-electron chi connectivity index (χ0n) is 10.7. The normalized spacial score (nSPS) is 21.2. The predicted molar refractivity (Wildman–Crippen MR) is 67.8 cm³/mol. The molecule has 1 N–H and O–H groups in total. The molecule has 1 aromatic rings. The molecule has 0 aromatic carbocycles. The standard InChI is InChI=1S/C13H23N3O/c1-15-12(6-8-14-15)7-10-16-9-2-4-13(16)5-3-11-17/h6,8,13,17H,2-5,7,9-11H2,1H3. The fraction of sp³-hybridized carbons (Fsp3) is 0.769. The van der Waals surface area contributed by atoms with Crippen molar-refractivity contribution in [3.8, 4) is 0 Å². The second-order valence-electron chi connectivity index (χ2n) is 4.89. The van der Waals surface area contributed by atoms with Crippen molar-refractivity contribution in [3.05, 3.63) is 18.0 Å². The van der Waals surface area contributed by atoms with E-state index in [1.807, 2.05) is 17.9 Å². The molecular weight excluding hydrogens is 214 g/mol. The lowest BCUT2D eigenvalue weighted by Gasteiger charge is -2.24. The van der Waals surface area contributed by atoms with Crippen LogP contribution in [0.5, 0.6) is 0 Å². The minimum Gasteiger partial charge on any atom is -0.396 e. The van der Waals surface area contributed by atoms with E-state index in [0.29, 0.717) is 12.6 Å². The van der Waals surface area contributed by atoms with E-state index in [4.69, 9.17) is 5.11 Å². The Bertz CT molecular complexity index is 337. The minimum absolute atomic E-state index is 0.325. The summed E-state index contributed by atoms with van der Waals surface area (Å²) in [4.78, 5) is 2.57. The number of nitrogens with zero attached hydrogens (tertiary/aromatic N) is 3. The van der Waals surface area contributed by atoms with E-state index in [1.165, 1.54) is 25.1 Å². The maximum absolute atomic E-state index is 8.90. The molecule has 1 fully saturated rings. The SMILES string of the molecule is Cn1nccc1CCN1CCCC1CCCO. The van der Waals surface area contributed by atoms with Gasteiger partial charge in [0.25, 0.3) is 0 Å². The average Bonchev–Trinajstić information content (AvgIpc) is 2.93. The molecule has 1 aliphatic heterocycles. The van der Waals surface area contributed by atoms with Crippen LogP contribution in [0, 0.1) is 0 Å². The number of aromatic nitrogens is 2. The number of aliphatic hydroxyl groups excluding tert-OH is 1. The molecule has 0 bridgehead atoms. The van der Waals surface area contributed by atoms with Crippen molar-refractivity contribution in [1.29, 1.82) is 0 Å². The first-order valence-corrected chi connectivity index (χ1v) is 6.63. The summed E-state index contributed by atoms with van der Waals surface area (Å²) in [5, 5.41) is 13.1. The number of hydrogen-bond acceptors (Lipinski definition) is 3. The Balaban J connectivity index is 1.80. The summed E-state index contributed by atoms with van der Waals surface area (Å²) in [5.74, 6) is 0. The van der Waals surface area contributed by atoms with Gasteiger partial charge in [0.05, 0.1) is 0 Å². The summed E-state index contributed by atoms with van der Waals surface area (Å²) in [6.07, 6.45) is 7.62. The Morgan fingerprint density at radius 1 is 1.53 bits per heavy atom. The Morgan fingerprint density at radius 2 is 2.41 bits per heavy atom. The highest BCUT2D eigenvalue weighted by Crippen LogP contribution is 2.21. The number of aliphatic hydroxyl groups is 1. The van der Waals surface area contributed by atoms with E-state index in [1.54, 1.807) is 0 Å². The Hall–Kier alpha value is -0.870. The molecule has 1 aliphatic rings. The topological polar surface area (TPSA) is 41.3 Å². The van der Waals surface area contributed by atoms with E-state index in [2.05, 4.69) is 16.1 Å². The highest BCUT2D eigenvalue weighted by Gasteiger charge is 2.23. The second-order valence-corrected chi connectivity index (χ2v) is 4.89. The summed E-state index contributed by atoms with van der Waals surface area (Å²) in [5.41, 5.74) is 1.30. The first-order valence-electron chi connectivity index (χ1n) is 6.63. The molecule has 2 heterocycles. The van der Waals surface area contributed by atoms with Gasteiger partial charge < -0.3 is 5.11 Å². The van der Waals surface area contributed by atoms with E-state index < -0.39 is 0 Å². The molecule has 0 spiro atoms. The molecule has 1 aromatic heterocycles. The summed E-state index contributed by atoms with van der Waals surface area (Å²) in [6, 6.07) is 2.79. The minimum atomic E-state index is 0.325. The highest BCUT2D eigenvalue weighted by atomic mass is 16.2. The Morgan fingerprint density at radius 3 is 3.12 bits per heavy atom. The third kappa shape index (κ3) is 3.30. The number of likely N-dealkylation sites (tertiary alicyclic amines) is 1. The van der Waals surface area contributed by atoms with Crippen LogP contribution in [0.3, 0.4) is 0 Å². The fourth-order valence-corrected chi connectivity index (χ4v) is 2.75. The van der Waals surface area contributed by atoms with Crippen molar-refractivity contribution in [2.24, 2.45) is 7.05 Å². The Kier molecular flexibility index (Phi) is 4.57. The highest BCUT2D eigenvalue weighted by molar-refractivity contribution is 5.00. The van der Waals surface area contributed by atoms with Gasteiger partial charge in [0.2, 0.25) is 0 Å². The van der Waals surface area contributed by atoms with Crippen LogP contribution in [0.2, 0.25) is 0 Å². The van der Waals surface area contributed by atoms with Crippen LogP contribution >= 0.6 is 0 Å². The molecule has 4 nitrogen and oxygen atoms in total. The van der Waals surface area contributed by atoms with Gasteiger partial charge in [-0.05, 0) is 38.3 Å². The van der Waals surface area contributed by atoms with Crippen molar-refractivity contribution < 1.29 is 5.11 Å². The smallest absolute Gasteiger partial charge is 0.0492 e. The van der Waals surface area contributed by atoms with Crippen LogP contribution in [-0.2, 0) is 13.5 Å². The average molecular weight is 237 g/mol. The maximum Gasteiger partial charge on any atom is 0.0492 e. The molecule has 1 saturated heterocycles. The molecule has 17 heavy (non-hydrogen) atoms. The lowest BCUT2D eigenvalue weighted by atomic mass is 10.1. The van der Waals surface area contributed by atoms with Crippen LogP contribution in [-0.4, -0.2) is 45.5 Å². The third-order valence-electron chi connectivity index (χ3n) is 3.77. The van der Waals surface area contributed by atoms with Crippen molar-refractivity contribution in [1.82, 2.24) is 14.7 Å². The fourth-order valence-electron chi connectivity index (χ4n) is 2.75. The Labute approximate surface area is 103 Å². The van der Waals surface area contributed by atoms with Gasteiger partial charge in [-0.1, -0.05) is 0 Å². The zero-order chi connectivity index (χ0) is 12.1. The molecule has 1 atom stereocenters. The second kappa shape index (κ2) is 6.17. The van der Waals surface area contributed by atoms with Gasteiger partial charge in [0, 0.05) is 44.6 Å². The van der Waals surface area contributed by atoms with Crippen LogP contribution in [0.4, 0.5) is 0 Å². The van der Waals surface area contributed by atoms with E-state index in [9.17, 15) is 0 Å². The van der Waals surface area contributed by atoms with Gasteiger partial charge in [-0.2, -0.15) is 5.10 Å². The molecule has 0 radical (unpaired) electrons. The zero-order valence-corrected chi connectivity index (χ0v) is 10.7. The molecule has 1 unspecified atom stereocenters. The van der Waals surface area contributed by atoms with Crippen molar-refractivity contribution in [3.63, 3.8) is 0 Å². The quantitative estimate of drug-likeness (QED) is 0.808. The summed E-state index contributed by atoms with van der Waals surface area (Å²) < 4.78 is 1.96. The number of rotatable bonds is 6. The van der Waals surface area contributed by atoms with Crippen LogP contribution in [0.1, 0.15) is 31.4 Å². The van der Waals surface area contributed by atoms with E-state index in [0.717, 1.165) is 25.8 Å². The van der Waals surface area contributed by atoms with E-state index in [-0.39, 0.29) is 0 Å². The van der Waals surface area contributed by atoms with Crippen molar-refractivity contribution in [2.75, 3.05) is 19.7 Å². The molecular formula is C13H23N3O. The first kappa shape index (κ1) is 12.6. The van der Waals surface area contributed by atoms with Gasteiger partial charge in [-0.25, -0.2) is 0 Å². The van der Waals surface area contributed by atoms with E-state index >= 15 is 0 Å². The van der Waals surface area contributed by atoms with Crippen molar-refractivity contribution >= 4 is 0 Å². The summed E-state index contributed by atoms with van der Waals surface area (Å²) >= 11 is 0. The maximum atomic E-state index is 8.90. The molecule has 4 heteroatoms. The van der Waals surface area contributed by atoms with Gasteiger partial charge in [-0.3, -0.25) is 9.58 Å². The lowest BCUT2D eigenvalue weighted by molar-refractivity contribution is 0.217. The lowest BCUT2D eigenvalue weighted by Crippen LogP contribution is -2.31. The molecule has 0 aliphatic carbocycles. The van der Waals surface area contributed by atoms with Crippen LogP contribution in [0.15, 0.2) is 12.3 Å². The predicted octanol–water partition coefficient (Wildman–Crippen LogP) is 1.20. The third-order valence-corrected chi connectivity index (χ3v) is 3.77. The number of aryl methyl sites for hydroxylation is 1.